The molecule has 12 nitrogen and oxygen atoms in total. The molecular formula is C25H30N2O10. The molecule has 2 rings (SSSR count). The zero-order chi connectivity index (χ0) is 27.5. The number of aromatic nitrogens is 2. The van der Waals surface area contributed by atoms with Gasteiger partial charge in [0.1, 0.15) is 0 Å². The van der Waals surface area contributed by atoms with Crippen LogP contribution in [0.4, 0.5) is 0 Å². The zero-order valence-electron chi connectivity index (χ0n) is 21.2. The molecule has 0 fully saturated rings. The van der Waals surface area contributed by atoms with Gasteiger partial charge in [-0.25, -0.2) is 0 Å². The van der Waals surface area contributed by atoms with Crippen molar-refractivity contribution in [2.75, 3.05) is 28.4 Å². The van der Waals surface area contributed by atoms with Gasteiger partial charge in [0.2, 0.25) is 0 Å². The summed E-state index contributed by atoms with van der Waals surface area (Å²) in [5, 5.41) is 0. The number of rotatable bonds is 14. The molecule has 37 heavy (non-hydrogen) atoms. The lowest BCUT2D eigenvalue weighted by atomic mass is 9.96. The van der Waals surface area contributed by atoms with Gasteiger partial charge >= 0.3 is 23.9 Å². The van der Waals surface area contributed by atoms with Crippen molar-refractivity contribution in [3.05, 3.63) is 45.0 Å². The van der Waals surface area contributed by atoms with Crippen molar-refractivity contribution < 1.29 is 47.7 Å². The fraction of sp³-hybridized carbons (Fsp3) is 0.440. The molecule has 0 unspecified atom stereocenters. The molecule has 0 aliphatic heterocycles. The standard InChI is InChI=1S/C25H30N2O10/c1-34-22(30)7-5-14-16(9-24(32)36-3)18(26-20(14)12-28)11-19-17(10-25(33)37-4)15(21(13-29)27-19)6-8-23(31)35-2/h12-13,26-27H,5-11H2,1-4H3. The summed E-state index contributed by atoms with van der Waals surface area (Å²) in [5.74, 6) is -2.10. The summed E-state index contributed by atoms with van der Waals surface area (Å²) in [7, 11) is 4.95. The Morgan fingerprint density at radius 3 is 1.24 bits per heavy atom. The van der Waals surface area contributed by atoms with Crippen LogP contribution in [-0.2, 0) is 70.2 Å². The molecule has 0 saturated heterocycles. The molecule has 200 valence electrons. The van der Waals surface area contributed by atoms with Crippen LogP contribution in [0.3, 0.4) is 0 Å². The van der Waals surface area contributed by atoms with Gasteiger partial charge in [-0.2, -0.15) is 0 Å². The number of aromatic amines is 2. The van der Waals surface area contributed by atoms with E-state index in [4.69, 9.17) is 9.47 Å². The number of carbonyl (C=O) groups is 6. The first-order valence-electron chi connectivity index (χ1n) is 11.4. The lowest BCUT2D eigenvalue weighted by Gasteiger charge is -2.09. The maximum absolute atomic E-state index is 12.2. The summed E-state index contributed by atoms with van der Waals surface area (Å²) in [6.07, 6.45) is 1.08. The van der Waals surface area contributed by atoms with Crippen LogP contribution in [0.25, 0.3) is 0 Å². The fourth-order valence-electron chi connectivity index (χ4n) is 4.09. The van der Waals surface area contributed by atoms with E-state index in [0.29, 0.717) is 46.2 Å². The van der Waals surface area contributed by atoms with Crippen molar-refractivity contribution in [3.63, 3.8) is 0 Å². The summed E-state index contributed by atoms with van der Waals surface area (Å²) < 4.78 is 19.0. The first-order chi connectivity index (χ1) is 17.7. The monoisotopic (exact) mass is 518 g/mol. The number of nitrogens with one attached hydrogen (secondary N) is 2. The topological polar surface area (TPSA) is 171 Å². The number of H-pyrrole nitrogens is 2. The molecule has 0 saturated carbocycles. The van der Waals surface area contributed by atoms with Crippen molar-refractivity contribution in [3.8, 4) is 0 Å². The smallest absolute Gasteiger partial charge is 0.310 e. The predicted molar refractivity (Wildman–Crippen MR) is 127 cm³/mol. The Labute approximate surface area is 213 Å². The van der Waals surface area contributed by atoms with E-state index in [-0.39, 0.29) is 56.3 Å². The summed E-state index contributed by atoms with van der Waals surface area (Å²) in [6, 6.07) is 0. The highest BCUT2D eigenvalue weighted by Gasteiger charge is 2.25. The Balaban J connectivity index is 2.61. The van der Waals surface area contributed by atoms with Crippen LogP contribution in [0, 0.1) is 0 Å². The first-order valence-corrected chi connectivity index (χ1v) is 11.4. The third kappa shape index (κ3) is 7.38. The highest BCUT2D eigenvalue weighted by atomic mass is 16.5. The molecule has 12 heteroatoms. The van der Waals surface area contributed by atoms with Gasteiger partial charge in [0.25, 0.3) is 0 Å². The average molecular weight is 519 g/mol. The van der Waals surface area contributed by atoms with Gasteiger partial charge in [-0.1, -0.05) is 0 Å². The number of aldehydes is 2. The van der Waals surface area contributed by atoms with Gasteiger partial charge in [-0.3, -0.25) is 28.8 Å². The van der Waals surface area contributed by atoms with Crippen molar-refractivity contribution in [1.82, 2.24) is 9.97 Å². The van der Waals surface area contributed by atoms with Gasteiger partial charge in [0.05, 0.1) is 52.7 Å². The minimum absolute atomic E-state index is 0.0220. The van der Waals surface area contributed by atoms with Gasteiger partial charge < -0.3 is 28.9 Å². The van der Waals surface area contributed by atoms with Gasteiger partial charge in [-0.05, 0) is 35.1 Å². The maximum atomic E-state index is 12.2. The molecule has 2 N–H and O–H groups in total. The molecule has 2 heterocycles. The number of hydrogen-bond acceptors (Lipinski definition) is 10. The Morgan fingerprint density at radius 1 is 0.595 bits per heavy atom. The largest absolute Gasteiger partial charge is 0.469 e. The molecule has 0 radical (unpaired) electrons. The van der Waals surface area contributed by atoms with Gasteiger partial charge in [0, 0.05) is 30.7 Å². The molecule has 0 aliphatic carbocycles. The van der Waals surface area contributed by atoms with E-state index in [9.17, 15) is 28.8 Å². The number of methoxy groups -OCH3 is 4. The van der Waals surface area contributed by atoms with E-state index in [1.165, 1.54) is 28.4 Å². The van der Waals surface area contributed by atoms with Crippen molar-refractivity contribution in [2.45, 2.75) is 44.9 Å². The van der Waals surface area contributed by atoms with E-state index < -0.39 is 23.9 Å². The third-order valence-electron chi connectivity index (χ3n) is 5.98. The first kappa shape index (κ1) is 29.0. The van der Waals surface area contributed by atoms with Crippen LogP contribution in [0.5, 0.6) is 0 Å². The van der Waals surface area contributed by atoms with Crippen molar-refractivity contribution in [2.24, 2.45) is 0 Å². The van der Waals surface area contributed by atoms with Crippen LogP contribution in [0.1, 0.15) is 67.5 Å². The molecule has 0 bridgehead atoms. The molecule has 2 aromatic heterocycles. The molecular weight excluding hydrogens is 488 g/mol. The molecule has 0 spiro atoms. The Bertz CT molecular complexity index is 1080. The van der Waals surface area contributed by atoms with Crippen LogP contribution < -0.4 is 0 Å². The molecule has 0 aromatic carbocycles. The zero-order valence-corrected chi connectivity index (χ0v) is 21.2. The fourth-order valence-corrected chi connectivity index (χ4v) is 4.09. The van der Waals surface area contributed by atoms with E-state index in [1.807, 2.05) is 0 Å². The normalized spacial score (nSPS) is 10.5. The Morgan fingerprint density at radius 2 is 0.946 bits per heavy atom. The van der Waals surface area contributed by atoms with E-state index >= 15 is 0 Å². The molecule has 0 aliphatic rings. The lowest BCUT2D eigenvalue weighted by Crippen LogP contribution is -2.11. The predicted octanol–water partition coefficient (Wildman–Crippen LogP) is 1.20. The van der Waals surface area contributed by atoms with Crippen LogP contribution in [0.2, 0.25) is 0 Å². The average Bonchev–Trinajstić information content (AvgIpc) is 3.41. The van der Waals surface area contributed by atoms with Crippen LogP contribution in [0.15, 0.2) is 0 Å². The number of carbonyl (C=O) groups excluding carboxylic acids is 6. The van der Waals surface area contributed by atoms with E-state index in [0.717, 1.165) is 0 Å². The highest BCUT2D eigenvalue weighted by Crippen LogP contribution is 2.28. The van der Waals surface area contributed by atoms with E-state index in [2.05, 4.69) is 19.4 Å². The minimum atomic E-state index is -0.564. The van der Waals surface area contributed by atoms with Crippen molar-refractivity contribution >= 4 is 36.4 Å². The highest BCUT2D eigenvalue weighted by molar-refractivity contribution is 5.82. The summed E-state index contributed by atoms with van der Waals surface area (Å²) in [6.45, 7) is 0. The van der Waals surface area contributed by atoms with Crippen LogP contribution in [-0.4, -0.2) is 74.9 Å². The van der Waals surface area contributed by atoms with Crippen molar-refractivity contribution in [1.29, 1.82) is 0 Å². The molecule has 2 aromatic rings. The number of ether oxygens (including phenoxy) is 4. The SMILES string of the molecule is COC(=O)CCc1c(C=O)[nH]c(Cc2[nH]c(C=O)c(CCC(=O)OC)c2CC(=O)OC)c1CC(=O)OC. The summed E-state index contributed by atoms with van der Waals surface area (Å²) in [5.41, 5.74) is 3.11. The maximum Gasteiger partial charge on any atom is 0.310 e. The molecule has 0 atom stereocenters. The second-order valence-electron chi connectivity index (χ2n) is 8.02. The Kier molecular flexibility index (Phi) is 10.8. The Hall–Kier alpha value is -4.22. The van der Waals surface area contributed by atoms with Gasteiger partial charge in [-0.15, -0.1) is 0 Å². The van der Waals surface area contributed by atoms with Crippen LogP contribution >= 0.6 is 0 Å². The number of esters is 4. The minimum Gasteiger partial charge on any atom is -0.469 e. The summed E-state index contributed by atoms with van der Waals surface area (Å²) >= 11 is 0. The second-order valence-corrected chi connectivity index (χ2v) is 8.02. The quantitative estimate of drug-likeness (QED) is 0.210. The second kappa shape index (κ2) is 13.8. The lowest BCUT2D eigenvalue weighted by molar-refractivity contribution is -0.141. The van der Waals surface area contributed by atoms with Gasteiger partial charge in [0.15, 0.2) is 12.6 Å². The number of hydrogen-bond donors (Lipinski definition) is 2. The van der Waals surface area contributed by atoms with E-state index in [1.54, 1.807) is 0 Å². The molecule has 0 amide bonds. The summed E-state index contributed by atoms with van der Waals surface area (Å²) in [4.78, 5) is 77.5. The third-order valence-corrected chi connectivity index (χ3v) is 5.98.